The van der Waals surface area contributed by atoms with Gasteiger partial charge < -0.3 is 10.1 Å². The van der Waals surface area contributed by atoms with Gasteiger partial charge in [-0.3, -0.25) is 0 Å². The lowest BCUT2D eigenvalue weighted by Gasteiger charge is -1.89. The molecule has 3 heteroatoms. The number of nitrogens with one attached hydrogen (secondary N) is 1. The van der Waals surface area contributed by atoms with Crippen molar-refractivity contribution in [1.82, 2.24) is 4.98 Å². The molecule has 0 saturated carbocycles. The van der Waals surface area contributed by atoms with Crippen molar-refractivity contribution in [1.29, 1.82) is 0 Å². The fourth-order valence-corrected chi connectivity index (χ4v) is 1.99. The number of H-pyrrole nitrogens is 1. The van der Waals surface area contributed by atoms with Crippen molar-refractivity contribution in [2.24, 2.45) is 0 Å². The zero-order chi connectivity index (χ0) is 9.10. The summed E-state index contributed by atoms with van der Waals surface area (Å²) in [6, 6.07) is 6.20. The van der Waals surface area contributed by atoms with Crippen LogP contribution in [0.1, 0.15) is 5.56 Å². The minimum atomic E-state index is 0.210. The lowest BCUT2D eigenvalue weighted by molar-refractivity contribution is 0.299. The maximum Gasteiger partial charge on any atom is 0.0558 e. The zero-order valence-electron chi connectivity index (χ0n) is 7.16. The normalized spacial score (nSPS) is 10.5. The average molecular weight is 193 g/mol. The van der Waals surface area contributed by atoms with E-state index in [9.17, 15) is 0 Å². The van der Waals surface area contributed by atoms with Crippen molar-refractivity contribution in [2.75, 3.05) is 6.61 Å². The Kier molecular flexibility index (Phi) is 2.47. The van der Waals surface area contributed by atoms with Crippen LogP contribution in [0, 0.1) is 0 Å². The van der Waals surface area contributed by atoms with E-state index in [4.69, 9.17) is 5.11 Å². The highest BCUT2D eigenvalue weighted by atomic mass is 32.1. The van der Waals surface area contributed by atoms with Gasteiger partial charge in [-0.2, -0.15) is 0 Å². The van der Waals surface area contributed by atoms with E-state index in [1.54, 1.807) is 11.3 Å². The van der Waals surface area contributed by atoms with Gasteiger partial charge >= 0.3 is 0 Å². The van der Waals surface area contributed by atoms with Crippen LogP contribution in [0.4, 0.5) is 0 Å². The number of rotatable bonds is 3. The molecule has 0 amide bonds. The van der Waals surface area contributed by atoms with Gasteiger partial charge in [-0.1, -0.05) is 6.07 Å². The molecule has 0 bridgehead atoms. The Bertz CT molecular complexity index is 364. The molecule has 0 aliphatic rings. The van der Waals surface area contributed by atoms with E-state index in [1.165, 1.54) is 4.88 Å². The molecule has 0 spiro atoms. The molecular formula is C10H11NOS. The van der Waals surface area contributed by atoms with Crippen molar-refractivity contribution < 1.29 is 5.11 Å². The lowest BCUT2D eigenvalue weighted by atomic mass is 10.2. The standard InChI is InChI=1S/C10H11NOS/c12-4-3-8-6-9(11-7-8)10-2-1-5-13-10/h1-2,5-7,11-12H,3-4H2. The van der Waals surface area contributed by atoms with E-state index in [-0.39, 0.29) is 6.61 Å². The highest BCUT2D eigenvalue weighted by Crippen LogP contribution is 2.23. The second-order valence-electron chi connectivity index (χ2n) is 2.87. The quantitative estimate of drug-likeness (QED) is 0.770. The first-order valence-corrected chi connectivity index (χ1v) is 5.10. The largest absolute Gasteiger partial charge is 0.396 e. The Morgan fingerprint density at radius 2 is 2.38 bits per heavy atom. The van der Waals surface area contributed by atoms with Gasteiger partial charge in [0.2, 0.25) is 0 Å². The van der Waals surface area contributed by atoms with Gasteiger partial charge in [-0.05, 0) is 29.5 Å². The summed E-state index contributed by atoms with van der Waals surface area (Å²) in [7, 11) is 0. The molecule has 2 heterocycles. The number of hydrogen-bond donors (Lipinski definition) is 2. The number of aliphatic hydroxyl groups excluding tert-OH is 1. The zero-order valence-corrected chi connectivity index (χ0v) is 7.97. The summed E-state index contributed by atoms with van der Waals surface area (Å²) in [6.45, 7) is 0.210. The van der Waals surface area contributed by atoms with Crippen LogP contribution in [0.5, 0.6) is 0 Å². The third kappa shape index (κ3) is 1.82. The van der Waals surface area contributed by atoms with Crippen molar-refractivity contribution in [3.63, 3.8) is 0 Å². The van der Waals surface area contributed by atoms with Crippen LogP contribution in [0.2, 0.25) is 0 Å². The third-order valence-corrected chi connectivity index (χ3v) is 2.83. The molecule has 0 fully saturated rings. The smallest absolute Gasteiger partial charge is 0.0558 e. The van der Waals surface area contributed by atoms with Crippen molar-refractivity contribution >= 4 is 11.3 Å². The lowest BCUT2D eigenvalue weighted by Crippen LogP contribution is -1.86. The first-order valence-electron chi connectivity index (χ1n) is 4.22. The van der Waals surface area contributed by atoms with Crippen LogP contribution in [-0.4, -0.2) is 16.7 Å². The molecular weight excluding hydrogens is 182 g/mol. The number of hydrogen-bond acceptors (Lipinski definition) is 2. The summed E-state index contributed by atoms with van der Waals surface area (Å²) in [5.74, 6) is 0. The molecule has 68 valence electrons. The van der Waals surface area contributed by atoms with E-state index in [0.717, 1.165) is 17.7 Å². The van der Waals surface area contributed by atoms with Gasteiger partial charge in [0.15, 0.2) is 0 Å². The van der Waals surface area contributed by atoms with Gasteiger partial charge in [-0.25, -0.2) is 0 Å². The SMILES string of the molecule is OCCc1c[nH]c(-c2cccs2)c1. The van der Waals surface area contributed by atoms with Crippen LogP contribution >= 0.6 is 11.3 Å². The van der Waals surface area contributed by atoms with Crippen LogP contribution in [0.15, 0.2) is 29.8 Å². The maximum atomic E-state index is 8.75. The van der Waals surface area contributed by atoms with Crippen LogP contribution in [-0.2, 0) is 6.42 Å². The number of aromatic nitrogens is 1. The van der Waals surface area contributed by atoms with E-state index in [0.29, 0.717) is 0 Å². The molecule has 0 aliphatic carbocycles. The van der Waals surface area contributed by atoms with E-state index in [2.05, 4.69) is 22.5 Å². The summed E-state index contributed by atoms with van der Waals surface area (Å²) in [5, 5.41) is 10.8. The number of aliphatic hydroxyl groups is 1. The van der Waals surface area contributed by atoms with Crippen molar-refractivity contribution in [3.05, 3.63) is 35.3 Å². The second-order valence-corrected chi connectivity index (χ2v) is 3.82. The summed E-state index contributed by atoms with van der Waals surface area (Å²) in [6.07, 6.45) is 2.67. The van der Waals surface area contributed by atoms with Gasteiger partial charge in [-0.15, -0.1) is 11.3 Å². The van der Waals surface area contributed by atoms with Gasteiger partial charge in [0.25, 0.3) is 0 Å². The Morgan fingerprint density at radius 3 is 3.08 bits per heavy atom. The van der Waals surface area contributed by atoms with Crippen LogP contribution < -0.4 is 0 Å². The topological polar surface area (TPSA) is 36.0 Å². The molecule has 0 saturated heterocycles. The molecule has 2 aromatic rings. The minimum Gasteiger partial charge on any atom is -0.396 e. The van der Waals surface area contributed by atoms with E-state index >= 15 is 0 Å². The fourth-order valence-electron chi connectivity index (χ4n) is 1.29. The van der Waals surface area contributed by atoms with Crippen LogP contribution in [0.25, 0.3) is 10.6 Å². The predicted molar refractivity (Wildman–Crippen MR) is 54.9 cm³/mol. The monoisotopic (exact) mass is 193 g/mol. The molecule has 0 atom stereocenters. The van der Waals surface area contributed by atoms with Gasteiger partial charge in [0.1, 0.15) is 0 Å². The maximum absolute atomic E-state index is 8.75. The fraction of sp³-hybridized carbons (Fsp3) is 0.200. The first-order chi connectivity index (χ1) is 6.40. The molecule has 13 heavy (non-hydrogen) atoms. The summed E-state index contributed by atoms with van der Waals surface area (Å²) >= 11 is 1.71. The summed E-state index contributed by atoms with van der Waals surface area (Å²) in [4.78, 5) is 4.43. The average Bonchev–Trinajstić information content (AvgIpc) is 2.70. The molecule has 0 aromatic carbocycles. The van der Waals surface area contributed by atoms with Crippen LogP contribution in [0.3, 0.4) is 0 Å². The Labute approximate surface area is 80.9 Å². The third-order valence-electron chi connectivity index (χ3n) is 1.93. The highest BCUT2D eigenvalue weighted by Gasteiger charge is 2.01. The molecule has 2 aromatic heterocycles. The van der Waals surface area contributed by atoms with Gasteiger partial charge in [0, 0.05) is 12.8 Å². The number of aromatic amines is 1. The molecule has 2 nitrogen and oxygen atoms in total. The molecule has 0 aliphatic heterocycles. The van der Waals surface area contributed by atoms with E-state index in [1.807, 2.05) is 12.3 Å². The molecule has 0 radical (unpaired) electrons. The Hall–Kier alpha value is -1.06. The van der Waals surface area contributed by atoms with Crippen molar-refractivity contribution in [3.8, 4) is 10.6 Å². The molecule has 2 rings (SSSR count). The van der Waals surface area contributed by atoms with E-state index < -0.39 is 0 Å². The molecule has 0 unspecified atom stereocenters. The summed E-state index contributed by atoms with van der Waals surface area (Å²) in [5.41, 5.74) is 2.30. The summed E-state index contributed by atoms with van der Waals surface area (Å²) < 4.78 is 0. The Balaban J connectivity index is 2.23. The Morgan fingerprint density at radius 1 is 1.46 bits per heavy atom. The van der Waals surface area contributed by atoms with Crippen molar-refractivity contribution in [2.45, 2.75) is 6.42 Å². The second kappa shape index (κ2) is 3.77. The molecule has 2 N–H and O–H groups in total. The minimum absolute atomic E-state index is 0.210. The highest BCUT2D eigenvalue weighted by molar-refractivity contribution is 7.13. The van der Waals surface area contributed by atoms with Gasteiger partial charge in [0.05, 0.1) is 10.6 Å². The predicted octanol–water partition coefficient (Wildman–Crippen LogP) is 2.28. The first kappa shape index (κ1) is 8.53. The number of thiophene rings is 1.